The highest BCUT2D eigenvalue weighted by atomic mass is 16.5. The molecule has 1 saturated heterocycles. The van der Waals surface area contributed by atoms with E-state index in [1.807, 2.05) is 0 Å². The molecule has 2 saturated carbocycles. The molecule has 3 aliphatic rings. The van der Waals surface area contributed by atoms with Crippen molar-refractivity contribution in [2.24, 2.45) is 11.8 Å². The minimum atomic E-state index is 0.419. The molecule has 1 N–H and O–H groups in total. The average molecular weight is 238 g/mol. The Kier molecular flexibility index (Phi) is 3.69. The van der Waals surface area contributed by atoms with E-state index in [2.05, 4.69) is 17.1 Å². The molecule has 3 rings (SSSR count). The third-order valence-corrected chi connectivity index (χ3v) is 5.02. The first kappa shape index (κ1) is 11.9. The van der Waals surface area contributed by atoms with E-state index in [1.54, 1.807) is 0 Å². The molecule has 1 heterocycles. The van der Waals surface area contributed by atoms with Crippen LogP contribution in [0.5, 0.6) is 0 Å². The molecule has 4 unspecified atom stereocenters. The zero-order valence-electron chi connectivity index (χ0n) is 11.0. The quantitative estimate of drug-likeness (QED) is 0.803. The topological polar surface area (TPSA) is 24.5 Å². The van der Waals surface area contributed by atoms with Crippen LogP contribution in [0.15, 0.2) is 0 Å². The molecule has 4 atom stereocenters. The molecule has 0 aromatic rings. The number of ether oxygens (including phenoxy) is 1. The number of fused-ring (bicyclic) bond motifs is 2. The van der Waals surface area contributed by atoms with Gasteiger partial charge in [0.15, 0.2) is 0 Å². The van der Waals surface area contributed by atoms with E-state index in [0.717, 1.165) is 50.7 Å². The molecule has 17 heavy (non-hydrogen) atoms. The van der Waals surface area contributed by atoms with E-state index in [-0.39, 0.29) is 0 Å². The first-order valence-electron chi connectivity index (χ1n) is 7.42. The van der Waals surface area contributed by atoms with Crippen LogP contribution in [0.25, 0.3) is 0 Å². The fraction of sp³-hybridized carbons (Fsp3) is 1.00. The molecular weight excluding hydrogens is 212 g/mol. The van der Waals surface area contributed by atoms with Crippen molar-refractivity contribution < 1.29 is 4.74 Å². The lowest BCUT2D eigenvalue weighted by molar-refractivity contribution is -0.0270. The van der Waals surface area contributed by atoms with Crippen LogP contribution in [-0.4, -0.2) is 49.8 Å². The van der Waals surface area contributed by atoms with Gasteiger partial charge in [-0.3, -0.25) is 4.90 Å². The van der Waals surface area contributed by atoms with Gasteiger partial charge in [-0.15, -0.1) is 0 Å². The maximum Gasteiger partial charge on any atom is 0.0826 e. The Balaban J connectivity index is 1.42. The summed E-state index contributed by atoms with van der Waals surface area (Å²) in [5.41, 5.74) is 0. The molecule has 2 aliphatic carbocycles. The van der Waals surface area contributed by atoms with Crippen molar-refractivity contribution in [2.45, 2.75) is 44.8 Å². The molecule has 3 nitrogen and oxygen atoms in total. The Morgan fingerprint density at radius 3 is 2.94 bits per heavy atom. The second-order valence-electron chi connectivity index (χ2n) is 6.08. The van der Waals surface area contributed by atoms with E-state index in [0.29, 0.717) is 6.10 Å². The third kappa shape index (κ3) is 2.67. The van der Waals surface area contributed by atoms with Gasteiger partial charge in [0.1, 0.15) is 0 Å². The maximum absolute atomic E-state index is 5.85. The van der Waals surface area contributed by atoms with Gasteiger partial charge in [0.2, 0.25) is 0 Å². The van der Waals surface area contributed by atoms with Crippen LogP contribution >= 0.6 is 0 Å². The van der Waals surface area contributed by atoms with Gasteiger partial charge in [0, 0.05) is 25.7 Å². The third-order valence-electron chi connectivity index (χ3n) is 5.02. The second kappa shape index (κ2) is 5.25. The molecule has 98 valence electrons. The first-order valence-corrected chi connectivity index (χ1v) is 7.42. The Bertz CT molecular complexity index is 259. The van der Waals surface area contributed by atoms with Gasteiger partial charge in [-0.2, -0.15) is 0 Å². The van der Waals surface area contributed by atoms with Crippen LogP contribution in [0.4, 0.5) is 0 Å². The summed E-state index contributed by atoms with van der Waals surface area (Å²) in [6.45, 7) is 7.60. The van der Waals surface area contributed by atoms with Gasteiger partial charge < -0.3 is 10.1 Å². The van der Waals surface area contributed by atoms with Crippen molar-refractivity contribution in [3.05, 3.63) is 0 Å². The van der Waals surface area contributed by atoms with E-state index >= 15 is 0 Å². The number of rotatable bonds is 4. The van der Waals surface area contributed by atoms with Crippen LogP contribution in [0, 0.1) is 11.8 Å². The summed E-state index contributed by atoms with van der Waals surface area (Å²) in [6, 6.07) is 0.800. The summed E-state index contributed by atoms with van der Waals surface area (Å²) in [6.07, 6.45) is 6.29. The number of hydrogen-bond donors (Lipinski definition) is 1. The highest BCUT2D eigenvalue weighted by molar-refractivity contribution is 4.94. The number of nitrogens with zero attached hydrogens (tertiary/aromatic N) is 1. The summed E-state index contributed by atoms with van der Waals surface area (Å²) in [7, 11) is 0. The Hall–Kier alpha value is -0.120. The van der Waals surface area contributed by atoms with Crippen LogP contribution in [-0.2, 0) is 4.74 Å². The fourth-order valence-electron chi connectivity index (χ4n) is 3.97. The first-order chi connectivity index (χ1) is 8.35. The van der Waals surface area contributed by atoms with Gasteiger partial charge in [-0.25, -0.2) is 0 Å². The number of morpholine rings is 1. The molecular formula is C14H26N2O. The van der Waals surface area contributed by atoms with E-state index in [1.165, 1.54) is 25.7 Å². The smallest absolute Gasteiger partial charge is 0.0826 e. The monoisotopic (exact) mass is 238 g/mol. The van der Waals surface area contributed by atoms with Crippen molar-refractivity contribution in [3.8, 4) is 0 Å². The Morgan fingerprint density at radius 1 is 1.29 bits per heavy atom. The van der Waals surface area contributed by atoms with Gasteiger partial charge in [0.25, 0.3) is 0 Å². The lowest BCUT2D eigenvalue weighted by Gasteiger charge is -2.33. The summed E-state index contributed by atoms with van der Waals surface area (Å²) < 4.78 is 5.85. The molecule has 2 bridgehead atoms. The van der Waals surface area contributed by atoms with Gasteiger partial charge in [-0.05, 0) is 37.6 Å². The van der Waals surface area contributed by atoms with Crippen LogP contribution in [0.2, 0.25) is 0 Å². The summed E-state index contributed by atoms with van der Waals surface area (Å²) in [4.78, 5) is 2.50. The molecule has 3 fully saturated rings. The zero-order valence-corrected chi connectivity index (χ0v) is 11.0. The second-order valence-corrected chi connectivity index (χ2v) is 6.08. The van der Waals surface area contributed by atoms with Crippen molar-refractivity contribution in [1.29, 1.82) is 0 Å². The minimum absolute atomic E-state index is 0.419. The SMILES string of the molecule is CCN1CCOC(CNC2CC3CCC2C3)C1. The van der Waals surface area contributed by atoms with Gasteiger partial charge >= 0.3 is 0 Å². The minimum Gasteiger partial charge on any atom is -0.374 e. The van der Waals surface area contributed by atoms with Crippen molar-refractivity contribution in [1.82, 2.24) is 10.2 Å². The van der Waals surface area contributed by atoms with Crippen LogP contribution in [0.3, 0.4) is 0 Å². The lowest BCUT2D eigenvalue weighted by atomic mass is 9.95. The average Bonchev–Trinajstić information content (AvgIpc) is 2.99. The molecule has 1 aliphatic heterocycles. The van der Waals surface area contributed by atoms with Crippen LogP contribution in [0.1, 0.15) is 32.6 Å². The van der Waals surface area contributed by atoms with Crippen LogP contribution < -0.4 is 5.32 Å². The van der Waals surface area contributed by atoms with E-state index in [4.69, 9.17) is 4.74 Å². The number of likely N-dealkylation sites (N-methyl/N-ethyl adjacent to an activating group) is 1. The zero-order chi connectivity index (χ0) is 11.7. The fourth-order valence-corrected chi connectivity index (χ4v) is 3.97. The maximum atomic E-state index is 5.85. The number of nitrogens with one attached hydrogen (secondary N) is 1. The lowest BCUT2D eigenvalue weighted by Crippen LogP contribution is -2.48. The molecule has 0 spiro atoms. The van der Waals surface area contributed by atoms with Crippen molar-refractivity contribution in [3.63, 3.8) is 0 Å². The predicted octanol–water partition coefficient (Wildman–Crippen LogP) is 1.49. The van der Waals surface area contributed by atoms with Crippen molar-refractivity contribution in [2.75, 3.05) is 32.8 Å². The molecule has 0 aromatic carbocycles. The summed E-state index contributed by atoms with van der Waals surface area (Å²) in [5, 5.41) is 3.78. The molecule has 3 heteroatoms. The predicted molar refractivity (Wildman–Crippen MR) is 69.1 cm³/mol. The van der Waals surface area contributed by atoms with Crippen molar-refractivity contribution >= 4 is 0 Å². The largest absolute Gasteiger partial charge is 0.374 e. The summed E-state index contributed by atoms with van der Waals surface area (Å²) >= 11 is 0. The Morgan fingerprint density at radius 2 is 2.24 bits per heavy atom. The molecule has 0 radical (unpaired) electrons. The molecule has 0 aromatic heterocycles. The Labute approximate surface area is 105 Å². The highest BCUT2D eigenvalue weighted by Crippen LogP contribution is 2.44. The highest BCUT2D eigenvalue weighted by Gasteiger charge is 2.39. The normalized spacial score (nSPS) is 42.2. The van der Waals surface area contributed by atoms with E-state index < -0.39 is 0 Å². The van der Waals surface area contributed by atoms with E-state index in [9.17, 15) is 0 Å². The molecule has 0 amide bonds. The number of hydrogen-bond acceptors (Lipinski definition) is 3. The standard InChI is InChI=1S/C14H26N2O/c1-2-16-5-6-17-13(10-16)9-15-14-8-11-3-4-12(14)7-11/h11-15H,2-10H2,1H3. The van der Waals surface area contributed by atoms with Gasteiger partial charge in [-0.1, -0.05) is 13.3 Å². The summed E-state index contributed by atoms with van der Waals surface area (Å²) in [5.74, 6) is 2.02. The van der Waals surface area contributed by atoms with Gasteiger partial charge in [0.05, 0.1) is 12.7 Å².